The fourth-order valence-electron chi connectivity index (χ4n) is 4.40. The van der Waals surface area contributed by atoms with Gasteiger partial charge in [0.1, 0.15) is 18.4 Å². The summed E-state index contributed by atoms with van der Waals surface area (Å²) in [4.78, 5) is 31.2. The number of nitrogens with zero attached hydrogens (tertiary/aromatic N) is 2. The maximum atomic E-state index is 13.1. The molecule has 1 fully saturated rings. The van der Waals surface area contributed by atoms with Crippen LogP contribution in [0.1, 0.15) is 37.1 Å². The number of aromatic nitrogens is 1. The normalized spacial score (nSPS) is 19.2. The Hall–Kier alpha value is -3.41. The number of rotatable bonds is 6. The molecule has 6 nitrogen and oxygen atoms in total. The molecule has 2 heterocycles. The third kappa shape index (κ3) is 3.93. The van der Waals surface area contributed by atoms with Crippen molar-refractivity contribution in [2.75, 3.05) is 13.7 Å². The molecular weight excluding hydrogens is 404 g/mol. The Bertz CT molecular complexity index is 1160. The van der Waals surface area contributed by atoms with Gasteiger partial charge in [-0.05, 0) is 57.0 Å². The van der Waals surface area contributed by atoms with Crippen LogP contribution in [0.2, 0.25) is 0 Å². The topological polar surface area (TPSA) is 68.7 Å². The Morgan fingerprint density at radius 1 is 1.19 bits per heavy atom. The number of hydrogen-bond acceptors (Lipinski definition) is 5. The van der Waals surface area contributed by atoms with Crippen molar-refractivity contribution < 1.29 is 19.1 Å². The maximum Gasteiger partial charge on any atom is 0.328 e. The van der Waals surface area contributed by atoms with E-state index in [4.69, 9.17) is 9.47 Å². The van der Waals surface area contributed by atoms with E-state index in [1.54, 1.807) is 11.8 Å². The number of amides is 1. The van der Waals surface area contributed by atoms with Crippen LogP contribution in [0.4, 0.5) is 0 Å². The van der Waals surface area contributed by atoms with E-state index < -0.39 is 17.4 Å². The first-order valence-electron chi connectivity index (χ1n) is 10.8. The number of carbonyl (C=O) groups excluding carboxylic acids is 2. The Balaban J connectivity index is 1.48. The van der Waals surface area contributed by atoms with Gasteiger partial charge in [0.05, 0.1) is 18.0 Å². The van der Waals surface area contributed by atoms with Crippen molar-refractivity contribution in [1.29, 1.82) is 0 Å². The number of hydrogen-bond donors (Lipinski definition) is 0. The molecule has 1 aliphatic rings. The molecule has 6 heteroatoms. The molecule has 0 saturated carbocycles. The number of aryl methyl sites for hydroxylation is 1. The maximum absolute atomic E-state index is 13.1. The molecule has 0 bridgehead atoms. The van der Waals surface area contributed by atoms with Crippen molar-refractivity contribution in [3.05, 3.63) is 71.4 Å². The van der Waals surface area contributed by atoms with Gasteiger partial charge in [0.25, 0.3) is 0 Å². The van der Waals surface area contributed by atoms with Gasteiger partial charge in [0.2, 0.25) is 5.91 Å². The summed E-state index contributed by atoms with van der Waals surface area (Å²) in [5.41, 5.74) is 3.25. The summed E-state index contributed by atoms with van der Waals surface area (Å²) < 4.78 is 10.9. The van der Waals surface area contributed by atoms with Gasteiger partial charge in [-0.15, -0.1) is 0 Å². The van der Waals surface area contributed by atoms with Crippen molar-refractivity contribution in [2.24, 2.45) is 0 Å². The lowest BCUT2D eigenvalue weighted by Crippen LogP contribution is -2.44. The van der Waals surface area contributed by atoms with Gasteiger partial charge in [0, 0.05) is 23.2 Å². The number of fused-ring (bicyclic) bond motifs is 1. The number of carbonyl (C=O) groups is 2. The Morgan fingerprint density at radius 2 is 1.91 bits per heavy atom. The van der Waals surface area contributed by atoms with Gasteiger partial charge in [-0.3, -0.25) is 9.78 Å². The largest absolute Gasteiger partial charge is 0.489 e. The average molecular weight is 433 g/mol. The zero-order valence-corrected chi connectivity index (χ0v) is 18.9. The monoisotopic (exact) mass is 432 g/mol. The SMILES string of the molecule is COC(=O)[C@@H](C)N1CCC(C)(c2ccc(OCc3cc(C)nc4ccccc34)cc2)C1=O. The summed E-state index contributed by atoms with van der Waals surface area (Å²) in [5, 5.41) is 1.08. The van der Waals surface area contributed by atoms with Crippen LogP contribution >= 0.6 is 0 Å². The molecule has 3 aromatic rings. The first kappa shape index (κ1) is 21.8. The van der Waals surface area contributed by atoms with E-state index in [1.165, 1.54) is 7.11 Å². The van der Waals surface area contributed by atoms with E-state index in [-0.39, 0.29) is 5.91 Å². The molecule has 2 atom stereocenters. The van der Waals surface area contributed by atoms with Crippen molar-refractivity contribution in [3.8, 4) is 5.75 Å². The highest BCUT2D eigenvalue weighted by atomic mass is 16.5. The molecule has 1 aromatic heterocycles. The van der Waals surface area contributed by atoms with Crippen LogP contribution in [-0.2, 0) is 26.3 Å². The van der Waals surface area contributed by atoms with Crippen LogP contribution in [0.15, 0.2) is 54.6 Å². The van der Waals surface area contributed by atoms with Crippen molar-refractivity contribution in [1.82, 2.24) is 9.88 Å². The molecule has 166 valence electrons. The van der Waals surface area contributed by atoms with E-state index >= 15 is 0 Å². The second kappa shape index (κ2) is 8.61. The van der Waals surface area contributed by atoms with E-state index in [2.05, 4.69) is 11.1 Å². The lowest BCUT2D eigenvalue weighted by molar-refractivity contribution is -0.151. The van der Waals surface area contributed by atoms with Crippen molar-refractivity contribution in [2.45, 2.75) is 45.3 Å². The second-order valence-electron chi connectivity index (χ2n) is 8.53. The van der Waals surface area contributed by atoms with Crippen LogP contribution < -0.4 is 4.74 Å². The van der Waals surface area contributed by atoms with Gasteiger partial charge in [-0.2, -0.15) is 0 Å². The average Bonchev–Trinajstić information content (AvgIpc) is 3.12. The highest BCUT2D eigenvalue weighted by Gasteiger charge is 2.46. The predicted molar refractivity (Wildman–Crippen MR) is 122 cm³/mol. The smallest absolute Gasteiger partial charge is 0.328 e. The number of likely N-dealkylation sites (tertiary alicyclic amines) is 1. The second-order valence-corrected chi connectivity index (χ2v) is 8.53. The third-order valence-electron chi connectivity index (χ3n) is 6.41. The molecule has 1 saturated heterocycles. The van der Waals surface area contributed by atoms with E-state index in [1.807, 2.05) is 62.4 Å². The quantitative estimate of drug-likeness (QED) is 0.547. The third-order valence-corrected chi connectivity index (χ3v) is 6.41. The molecule has 0 radical (unpaired) electrons. The highest BCUT2D eigenvalue weighted by molar-refractivity contribution is 5.93. The molecule has 2 aromatic carbocycles. The van der Waals surface area contributed by atoms with Gasteiger partial charge in [-0.1, -0.05) is 30.3 Å². The van der Waals surface area contributed by atoms with E-state index in [9.17, 15) is 9.59 Å². The van der Waals surface area contributed by atoms with Crippen LogP contribution in [-0.4, -0.2) is 41.5 Å². The molecular formula is C26H28N2O4. The van der Waals surface area contributed by atoms with Gasteiger partial charge >= 0.3 is 5.97 Å². The highest BCUT2D eigenvalue weighted by Crippen LogP contribution is 2.37. The number of ether oxygens (including phenoxy) is 2. The van der Waals surface area contributed by atoms with Gasteiger partial charge in [-0.25, -0.2) is 4.79 Å². The van der Waals surface area contributed by atoms with Crippen LogP contribution in [0.3, 0.4) is 0 Å². The summed E-state index contributed by atoms with van der Waals surface area (Å²) in [6.45, 7) is 6.58. The zero-order valence-electron chi connectivity index (χ0n) is 18.9. The summed E-state index contributed by atoms with van der Waals surface area (Å²) in [5.74, 6) is 0.286. The predicted octanol–water partition coefficient (Wildman–Crippen LogP) is 4.17. The van der Waals surface area contributed by atoms with E-state index in [0.717, 1.165) is 33.5 Å². The Morgan fingerprint density at radius 3 is 2.62 bits per heavy atom. The summed E-state index contributed by atoms with van der Waals surface area (Å²) in [7, 11) is 1.34. The van der Waals surface area contributed by atoms with Gasteiger partial charge < -0.3 is 14.4 Å². The lowest BCUT2D eigenvalue weighted by atomic mass is 9.81. The summed E-state index contributed by atoms with van der Waals surface area (Å²) in [6.07, 6.45) is 0.648. The standard InChI is InChI=1S/C26H28N2O4/c1-17-15-19(22-7-5-6-8-23(22)27-17)16-32-21-11-9-20(10-12-21)26(3)13-14-28(25(26)30)18(2)24(29)31-4/h5-12,15,18H,13-14,16H2,1-4H3/t18-,26?/m1/s1. The number of para-hydroxylation sites is 1. The van der Waals surface area contributed by atoms with Crippen molar-refractivity contribution in [3.63, 3.8) is 0 Å². The summed E-state index contributed by atoms with van der Waals surface area (Å²) >= 11 is 0. The molecule has 0 aliphatic carbocycles. The Labute approximate surface area is 188 Å². The zero-order chi connectivity index (χ0) is 22.9. The molecule has 32 heavy (non-hydrogen) atoms. The van der Waals surface area contributed by atoms with Crippen molar-refractivity contribution >= 4 is 22.8 Å². The summed E-state index contributed by atoms with van der Waals surface area (Å²) in [6, 6.07) is 17.2. The van der Waals surface area contributed by atoms with E-state index in [0.29, 0.717) is 19.6 Å². The molecule has 1 aliphatic heterocycles. The minimum atomic E-state index is -0.667. The molecule has 4 rings (SSSR count). The molecule has 1 unspecified atom stereocenters. The van der Waals surface area contributed by atoms with Crippen LogP contribution in [0, 0.1) is 6.92 Å². The number of benzene rings is 2. The Kier molecular flexibility index (Phi) is 5.87. The van der Waals surface area contributed by atoms with Gasteiger partial charge in [0.15, 0.2) is 0 Å². The molecule has 0 N–H and O–H groups in total. The minimum absolute atomic E-state index is 0.0530. The molecule has 1 amide bonds. The lowest BCUT2D eigenvalue weighted by Gasteiger charge is -2.27. The fraction of sp³-hybridized carbons (Fsp3) is 0.346. The fourth-order valence-corrected chi connectivity index (χ4v) is 4.40. The number of pyridine rings is 1. The first-order valence-corrected chi connectivity index (χ1v) is 10.8. The first-order chi connectivity index (χ1) is 15.3. The number of esters is 1. The number of methoxy groups -OCH3 is 1. The molecule has 0 spiro atoms. The van der Waals surface area contributed by atoms with Crippen LogP contribution in [0.5, 0.6) is 5.75 Å². The van der Waals surface area contributed by atoms with Crippen LogP contribution in [0.25, 0.3) is 10.9 Å². The minimum Gasteiger partial charge on any atom is -0.489 e.